The fourth-order valence-electron chi connectivity index (χ4n) is 3.00. The topological polar surface area (TPSA) is 102 Å². The van der Waals surface area contributed by atoms with Gasteiger partial charge in [0.25, 0.3) is 0 Å². The average Bonchev–Trinajstić information content (AvgIpc) is 2.57. The van der Waals surface area contributed by atoms with E-state index in [2.05, 4.69) is 11.1 Å². The Kier molecular flexibility index (Phi) is 5.63. The summed E-state index contributed by atoms with van der Waals surface area (Å²) in [5.41, 5.74) is 0.319. The quantitative estimate of drug-likeness (QED) is 0.510. The highest BCUT2D eigenvalue weighted by atomic mass is 16.5. The molecule has 0 spiro atoms. The van der Waals surface area contributed by atoms with Crippen LogP contribution in [0.4, 0.5) is 0 Å². The summed E-state index contributed by atoms with van der Waals surface area (Å²) in [5, 5.41) is 29.1. The van der Waals surface area contributed by atoms with Crippen LogP contribution in [0, 0.1) is 22.8 Å². The number of amidine groups is 1. The van der Waals surface area contributed by atoms with Gasteiger partial charge in [-0.05, 0) is 39.0 Å². The van der Waals surface area contributed by atoms with Gasteiger partial charge in [0.2, 0.25) is 6.19 Å². The van der Waals surface area contributed by atoms with E-state index in [1.165, 1.54) is 0 Å². The van der Waals surface area contributed by atoms with Crippen molar-refractivity contribution < 1.29 is 14.6 Å². The van der Waals surface area contributed by atoms with Crippen molar-refractivity contribution >= 4 is 5.84 Å². The Balaban J connectivity index is 2.60. The van der Waals surface area contributed by atoms with Crippen molar-refractivity contribution in [2.75, 3.05) is 20.3 Å². The van der Waals surface area contributed by atoms with Crippen LogP contribution in [0.25, 0.3) is 0 Å². The van der Waals surface area contributed by atoms with E-state index < -0.39 is 17.7 Å². The molecule has 1 aliphatic rings. The Morgan fingerprint density at radius 2 is 2.16 bits per heavy atom. The number of aliphatic hydroxyl groups excluding tert-OH is 1. The summed E-state index contributed by atoms with van der Waals surface area (Å²) < 4.78 is 11.1. The number of benzene rings is 1. The molecule has 7 nitrogen and oxygen atoms in total. The number of aliphatic imine (C=N–C) groups is 1. The van der Waals surface area contributed by atoms with Gasteiger partial charge in [0.15, 0.2) is 0 Å². The predicted octanol–water partition coefficient (Wildman–Crippen LogP) is 1.98. The molecular formula is C18H22N4O3. The van der Waals surface area contributed by atoms with Gasteiger partial charge in [-0.2, -0.15) is 15.5 Å². The molecule has 0 aliphatic carbocycles. The average molecular weight is 342 g/mol. The minimum atomic E-state index is -0.894. The lowest BCUT2D eigenvalue weighted by atomic mass is 9.85. The van der Waals surface area contributed by atoms with Crippen LogP contribution < -0.4 is 4.74 Å². The Morgan fingerprint density at radius 1 is 1.44 bits per heavy atom. The largest absolute Gasteiger partial charge is 0.485 e. The molecule has 0 amide bonds. The fraction of sp³-hybridized carbons (Fsp3) is 0.500. The molecule has 2 atom stereocenters. The lowest BCUT2D eigenvalue weighted by Gasteiger charge is -2.46. The third kappa shape index (κ3) is 3.74. The molecule has 2 rings (SSSR count). The highest BCUT2D eigenvalue weighted by Crippen LogP contribution is 2.43. The Labute approximate surface area is 147 Å². The van der Waals surface area contributed by atoms with E-state index in [1.54, 1.807) is 52.3 Å². The van der Waals surface area contributed by atoms with Gasteiger partial charge in [-0.25, -0.2) is 0 Å². The van der Waals surface area contributed by atoms with Crippen LogP contribution in [0.5, 0.6) is 5.75 Å². The van der Waals surface area contributed by atoms with Gasteiger partial charge in [-0.15, -0.1) is 0 Å². The number of nitriles is 2. The number of hydrogen-bond acceptors (Lipinski definition) is 6. The molecule has 0 fully saturated rings. The maximum atomic E-state index is 11.0. The molecule has 1 N–H and O–H groups in total. The number of nitrogens with zero attached hydrogens (tertiary/aromatic N) is 4. The molecule has 1 aromatic rings. The first-order valence-corrected chi connectivity index (χ1v) is 7.95. The Morgan fingerprint density at radius 3 is 2.76 bits per heavy atom. The molecule has 0 radical (unpaired) electrons. The molecule has 132 valence electrons. The zero-order valence-electron chi connectivity index (χ0n) is 14.9. The number of aliphatic hydroxyl groups is 1. The summed E-state index contributed by atoms with van der Waals surface area (Å²) in [4.78, 5) is 5.65. The lowest BCUT2D eigenvalue weighted by Crippen LogP contribution is -2.55. The number of hydrogen-bond donors (Lipinski definition) is 1. The number of ether oxygens (including phenoxy) is 2. The second kappa shape index (κ2) is 7.52. The molecule has 1 aromatic carbocycles. The molecule has 0 bridgehead atoms. The summed E-state index contributed by atoms with van der Waals surface area (Å²) >= 11 is 0. The van der Waals surface area contributed by atoms with E-state index in [1.807, 2.05) is 4.90 Å². The van der Waals surface area contributed by atoms with E-state index >= 15 is 0 Å². The first kappa shape index (κ1) is 18.7. The van der Waals surface area contributed by atoms with Crippen LogP contribution in [0.15, 0.2) is 23.2 Å². The van der Waals surface area contributed by atoms with Gasteiger partial charge < -0.3 is 19.5 Å². The van der Waals surface area contributed by atoms with Gasteiger partial charge >= 0.3 is 0 Å². The summed E-state index contributed by atoms with van der Waals surface area (Å²) in [7, 11) is 1.58. The third-order valence-corrected chi connectivity index (χ3v) is 4.34. The SMILES string of the molecule is COCCN(C(C)=NC#N)[C@@H]1c2cc(C#N)ccc2OC(C)(C)[C@H]1O. The lowest BCUT2D eigenvalue weighted by molar-refractivity contribution is -0.0832. The third-order valence-electron chi connectivity index (χ3n) is 4.34. The van der Waals surface area contributed by atoms with Crippen molar-refractivity contribution in [1.82, 2.24) is 4.90 Å². The second-order valence-electron chi connectivity index (χ2n) is 6.40. The maximum Gasteiger partial charge on any atom is 0.207 e. The highest BCUT2D eigenvalue weighted by Gasteiger charge is 2.45. The van der Waals surface area contributed by atoms with Crippen LogP contribution in [0.2, 0.25) is 0 Å². The molecule has 0 saturated heterocycles. The number of fused-ring (bicyclic) bond motifs is 1. The minimum Gasteiger partial charge on any atom is -0.485 e. The molecule has 1 heterocycles. The van der Waals surface area contributed by atoms with Gasteiger partial charge in [0.05, 0.1) is 24.3 Å². The van der Waals surface area contributed by atoms with E-state index in [0.717, 1.165) is 0 Å². The van der Waals surface area contributed by atoms with Crippen molar-refractivity contribution in [1.29, 1.82) is 10.5 Å². The molecule has 0 saturated carbocycles. The molecule has 1 aliphatic heterocycles. The Hall–Kier alpha value is -2.61. The predicted molar refractivity (Wildman–Crippen MR) is 91.9 cm³/mol. The first-order chi connectivity index (χ1) is 11.9. The summed E-state index contributed by atoms with van der Waals surface area (Å²) in [6, 6.07) is 6.71. The molecular weight excluding hydrogens is 320 g/mol. The van der Waals surface area contributed by atoms with Crippen molar-refractivity contribution in [3.05, 3.63) is 29.3 Å². The monoisotopic (exact) mass is 342 g/mol. The van der Waals surface area contributed by atoms with E-state index in [9.17, 15) is 10.4 Å². The van der Waals surface area contributed by atoms with Crippen molar-refractivity contribution in [2.24, 2.45) is 4.99 Å². The Bertz CT molecular complexity index is 746. The van der Waals surface area contributed by atoms with Gasteiger partial charge in [-0.1, -0.05) is 0 Å². The van der Waals surface area contributed by atoms with E-state index in [0.29, 0.717) is 35.9 Å². The molecule has 0 unspecified atom stereocenters. The highest BCUT2D eigenvalue weighted by molar-refractivity contribution is 5.81. The first-order valence-electron chi connectivity index (χ1n) is 7.95. The van der Waals surface area contributed by atoms with Gasteiger partial charge in [0, 0.05) is 19.2 Å². The smallest absolute Gasteiger partial charge is 0.207 e. The molecule has 0 aromatic heterocycles. The number of rotatable bonds is 4. The standard InChI is InChI=1S/C18H22N4O3/c1-12(21-11-20)22(7-8-24-4)16-14-9-13(10-19)5-6-15(14)25-18(2,3)17(16)23/h5-6,9,16-17,23H,7-8H2,1-4H3/t16-,17+/m1/s1. The maximum absolute atomic E-state index is 11.0. The fourth-order valence-corrected chi connectivity index (χ4v) is 3.00. The van der Waals surface area contributed by atoms with Crippen LogP contribution in [-0.2, 0) is 4.74 Å². The van der Waals surface area contributed by atoms with E-state index in [4.69, 9.17) is 14.7 Å². The minimum absolute atomic E-state index is 0.399. The van der Waals surface area contributed by atoms with Crippen molar-refractivity contribution in [2.45, 2.75) is 38.5 Å². The zero-order chi connectivity index (χ0) is 18.6. The van der Waals surface area contributed by atoms with Gasteiger partial charge in [-0.3, -0.25) is 0 Å². The van der Waals surface area contributed by atoms with E-state index in [-0.39, 0.29) is 0 Å². The van der Waals surface area contributed by atoms with Crippen molar-refractivity contribution in [3.8, 4) is 18.0 Å². The normalized spacial score (nSPS) is 21.5. The summed E-state index contributed by atoms with van der Waals surface area (Å²) in [6.07, 6.45) is 0.892. The summed E-state index contributed by atoms with van der Waals surface area (Å²) in [6.45, 7) is 6.15. The molecule has 7 heteroatoms. The molecule has 25 heavy (non-hydrogen) atoms. The second-order valence-corrected chi connectivity index (χ2v) is 6.40. The summed E-state index contributed by atoms with van der Waals surface area (Å²) in [5.74, 6) is 1.07. The van der Waals surface area contributed by atoms with Crippen LogP contribution >= 0.6 is 0 Å². The zero-order valence-corrected chi connectivity index (χ0v) is 14.9. The van der Waals surface area contributed by atoms with Crippen LogP contribution in [0.1, 0.15) is 37.9 Å². The van der Waals surface area contributed by atoms with Crippen LogP contribution in [-0.4, -0.2) is 47.8 Å². The van der Waals surface area contributed by atoms with Crippen molar-refractivity contribution in [3.63, 3.8) is 0 Å². The van der Waals surface area contributed by atoms with Gasteiger partial charge in [0.1, 0.15) is 23.3 Å². The van der Waals surface area contributed by atoms with Crippen LogP contribution in [0.3, 0.4) is 0 Å². The number of methoxy groups -OCH3 is 1.